The fourth-order valence-electron chi connectivity index (χ4n) is 3.11. The minimum atomic E-state index is -0.861. The Kier molecular flexibility index (Phi) is 6.77. The maximum absolute atomic E-state index is 11.0. The van der Waals surface area contributed by atoms with Gasteiger partial charge in [-0.3, -0.25) is 9.78 Å². The molecular weight excluding hydrogens is 408 g/mol. The first-order valence-corrected chi connectivity index (χ1v) is 10.2. The van der Waals surface area contributed by atoms with Crippen molar-refractivity contribution in [3.8, 4) is 28.7 Å². The third-order valence-corrected chi connectivity index (χ3v) is 4.71. The summed E-state index contributed by atoms with van der Waals surface area (Å²) in [7, 11) is 0. The lowest BCUT2D eigenvalue weighted by molar-refractivity contribution is -0.136. The fourth-order valence-corrected chi connectivity index (χ4v) is 3.11. The molecule has 7 heteroatoms. The molecule has 4 rings (SSSR count). The van der Waals surface area contributed by atoms with Gasteiger partial charge in [0.2, 0.25) is 5.89 Å². The number of carboxylic acid groups (broad SMARTS) is 1. The summed E-state index contributed by atoms with van der Waals surface area (Å²) < 4.78 is 17.4. The molecule has 32 heavy (non-hydrogen) atoms. The molecule has 2 heterocycles. The van der Waals surface area contributed by atoms with E-state index in [2.05, 4.69) is 9.97 Å². The summed E-state index contributed by atoms with van der Waals surface area (Å²) in [6.07, 6.45) is 5.84. The Morgan fingerprint density at radius 2 is 1.88 bits per heavy atom. The number of carboxylic acids is 1. The second-order valence-electron chi connectivity index (χ2n) is 7.06. The molecule has 0 aliphatic rings. The molecule has 2 aromatic heterocycles. The molecule has 0 fully saturated rings. The molecule has 0 radical (unpaired) electrons. The zero-order valence-electron chi connectivity index (χ0n) is 17.3. The number of rotatable bonds is 10. The van der Waals surface area contributed by atoms with Crippen LogP contribution in [0.2, 0.25) is 0 Å². The molecule has 0 atom stereocenters. The highest BCUT2D eigenvalue weighted by molar-refractivity contribution is 5.67. The number of carbonyl (C=O) groups is 1. The average molecular weight is 430 g/mol. The second kappa shape index (κ2) is 10.3. The van der Waals surface area contributed by atoms with Gasteiger partial charge in [-0.25, -0.2) is 4.98 Å². The Morgan fingerprint density at radius 3 is 2.66 bits per heavy atom. The molecule has 162 valence electrons. The predicted molar refractivity (Wildman–Crippen MR) is 118 cm³/mol. The van der Waals surface area contributed by atoms with Crippen LogP contribution >= 0.6 is 0 Å². The molecule has 0 amide bonds. The minimum Gasteiger partial charge on any atom is -0.493 e. The number of aliphatic carboxylic acids is 1. The summed E-state index contributed by atoms with van der Waals surface area (Å²) in [4.78, 5) is 19.5. The molecule has 0 saturated carbocycles. The van der Waals surface area contributed by atoms with E-state index in [1.54, 1.807) is 36.9 Å². The van der Waals surface area contributed by atoms with Crippen molar-refractivity contribution in [2.45, 2.75) is 19.3 Å². The SMILES string of the molecule is O=C(O)CCc1ccc(OCCc2coc(-c3ccccc3)n2)cc1Oc1cccnc1. The van der Waals surface area contributed by atoms with Gasteiger partial charge in [-0.2, -0.15) is 0 Å². The van der Waals surface area contributed by atoms with Gasteiger partial charge >= 0.3 is 5.97 Å². The van der Waals surface area contributed by atoms with Crippen molar-refractivity contribution in [2.75, 3.05) is 6.61 Å². The molecule has 0 aliphatic heterocycles. The number of ether oxygens (including phenoxy) is 2. The smallest absolute Gasteiger partial charge is 0.303 e. The van der Waals surface area contributed by atoms with E-state index in [0.29, 0.717) is 42.6 Å². The normalized spacial score (nSPS) is 10.6. The van der Waals surface area contributed by atoms with Crippen LogP contribution < -0.4 is 9.47 Å². The first-order chi connectivity index (χ1) is 15.7. The zero-order chi connectivity index (χ0) is 22.2. The second-order valence-corrected chi connectivity index (χ2v) is 7.06. The Labute approximate surface area is 185 Å². The van der Waals surface area contributed by atoms with Gasteiger partial charge in [-0.1, -0.05) is 24.3 Å². The van der Waals surface area contributed by atoms with Crippen LogP contribution in [0.15, 0.2) is 83.7 Å². The number of nitrogens with zero attached hydrogens (tertiary/aromatic N) is 2. The summed E-state index contributed by atoms with van der Waals surface area (Å²) in [6, 6.07) is 18.7. The van der Waals surface area contributed by atoms with E-state index >= 15 is 0 Å². The number of hydrogen-bond donors (Lipinski definition) is 1. The van der Waals surface area contributed by atoms with E-state index in [-0.39, 0.29) is 6.42 Å². The van der Waals surface area contributed by atoms with Gasteiger partial charge < -0.3 is 19.0 Å². The van der Waals surface area contributed by atoms with Gasteiger partial charge in [0.15, 0.2) is 0 Å². The lowest BCUT2D eigenvalue weighted by atomic mass is 10.1. The Bertz CT molecular complexity index is 1160. The standard InChI is InChI=1S/C25H22N2O5/c28-24(29)11-9-18-8-10-21(15-23(18)32-22-7-4-13-26-16-22)30-14-12-20-17-31-25(27-20)19-5-2-1-3-6-19/h1-8,10,13,15-17H,9,11-12,14H2,(H,28,29). The number of aryl methyl sites for hydroxylation is 1. The van der Waals surface area contributed by atoms with Gasteiger partial charge in [0, 0.05) is 30.7 Å². The van der Waals surface area contributed by atoms with E-state index < -0.39 is 5.97 Å². The minimum absolute atomic E-state index is 0.0134. The summed E-state index contributed by atoms with van der Waals surface area (Å²) >= 11 is 0. The third kappa shape index (κ3) is 5.72. The van der Waals surface area contributed by atoms with Crippen LogP contribution in [0.4, 0.5) is 0 Å². The summed E-state index contributed by atoms with van der Waals surface area (Å²) in [5.41, 5.74) is 2.51. The lowest BCUT2D eigenvalue weighted by Crippen LogP contribution is -2.03. The van der Waals surface area contributed by atoms with Crippen molar-refractivity contribution in [1.29, 1.82) is 0 Å². The van der Waals surface area contributed by atoms with Crippen molar-refractivity contribution in [3.63, 3.8) is 0 Å². The highest BCUT2D eigenvalue weighted by atomic mass is 16.5. The van der Waals surface area contributed by atoms with Crippen LogP contribution in [-0.4, -0.2) is 27.7 Å². The fraction of sp³-hybridized carbons (Fsp3) is 0.160. The molecule has 2 aromatic carbocycles. The lowest BCUT2D eigenvalue weighted by Gasteiger charge is -2.13. The highest BCUT2D eigenvalue weighted by Gasteiger charge is 2.11. The van der Waals surface area contributed by atoms with E-state index in [1.165, 1.54) is 0 Å². The van der Waals surface area contributed by atoms with Gasteiger partial charge in [0.1, 0.15) is 23.5 Å². The predicted octanol–water partition coefficient (Wildman–Crippen LogP) is 5.17. The van der Waals surface area contributed by atoms with Gasteiger partial charge in [0.05, 0.1) is 18.5 Å². The van der Waals surface area contributed by atoms with Crippen LogP contribution in [-0.2, 0) is 17.6 Å². The van der Waals surface area contributed by atoms with E-state index in [1.807, 2.05) is 42.5 Å². The van der Waals surface area contributed by atoms with E-state index in [4.69, 9.17) is 19.0 Å². The summed E-state index contributed by atoms with van der Waals surface area (Å²) in [5.74, 6) is 1.45. The van der Waals surface area contributed by atoms with E-state index in [0.717, 1.165) is 16.8 Å². The molecule has 1 N–H and O–H groups in total. The highest BCUT2D eigenvalue weighted by Crippen LogP contribution is 2.30. The Morgan fingerprint density at radius 1 is 1.00 bits per heavy atom. The molecule has 4 aromatic rings. The largest absolute Gasteiger partial charge is 0.493 e. The van der Waals surface area contributed by atoms with Crippen molar-refractivity contribution >= 4 is 5.97 Å². The van der Waals surface area contributed by atoms with Gasteiger partial charge in [-0.15, -0.1) is 0 Å². The van der Waals surface area contributed by atoms with Crippen molar-refractivity contribution < 1.29 is 23.8 Å². The number of aromatic nitrogens is 2. The summed E-state index contributed by atoms with van der Waals surface area (Å²) in [6.45, 7) is 0.404. The first-order valence-electron chi connectivity index (χ1n) is 10.2. The van der Waals surface area contributed by atoms with Crippen LogP contribution in [0.5, 0.6) is 17.2 Å². The van der Waals surface area contributed by atoms with Gasteiger partial charge in [0.25, 0.3) is 0 Å². The van der Waals surface area contributed by atoms with Gasteiger partial charge in [-0.05, 0) is 42.3 Å². The maximum atomic E-state index is 11.0. The number of hydrogen-bond acceptors (Lipinski definition) is 6. The van der Waals surface area contributed by atoms with E-state index in [9.17, 15) is 4.79 Å². The quantitative estimate of drug-likeness (QED) is 0.371. The monoisotopic (exact) mass is 430 g/mol. The molecular formula is C25H22N2O5. The van der Waals surface area contributed by atoms with Crippen LogP contribution in [0.25, 0.3) is 11.5 Å². The first kappa shape index (κ1) is 21.1. The molecule has 0 spiro atoms. The molecule has 7 nitrogen and oxygen atoms in total. The topological polar surface area (TPSA) is 94.7 Å². The van der Waals surface area contributed by atoms with Crippen molar-refractivity contribution in [3.05, 3.63) is 90.6 Å². The summed E-state index contributed by atoms with van der Waals surface area (Å²) in [5, 5.41) is 9.02. The van der Waals surface area contributed by atoms with Crippen LogP contribution in [0, 0.1) is 0 Å². The Balaban J connectivity index is 1.41. The van der Waals surface area contributed by atoms with Crippen LogP contribution in [0.3, 0.4) is 0 Å². The molecule has 0 saturated heterocycles. The van der Waals surface area contributed by atoms with Crippen molar-refractivity contribution in [1.82, 2.24) is 9.97 Å². The van der Waals surface area contributed by atoms with Crippen molar-refractivity contribution in [2.24, 2.45) is 0 Å². The third-order valence-electron chi connectivity index (χ3n) is 4.71. The average Bonchev–Trinajstić information content (AvgIpc) is 3.29. The molecule has 0 bridgehead atoms. The maximum Gasteiger partial charge on any atom is 0.303 e. The number of oxazole rings is 1. The Hall–Kier alpha value is -4.13. The number of benzene rings is 2. The zero-order valence-corrected chi connectivity index (χ0v) is 17.3. The van der Waals surface area contributed by atoms with Crippen LogP contribution in [0.1, 0.15) is 17.7 Å². The number of pyridine rings is 1. The molecule has 0 unspecified atom stereocenters. The molecule has 0 aliphatic carbocycles.